The van der Waals surface area contributed by atoms with Gasteiger partial charge in [0.1, 0.15) is 0 Å². The van der Waals surface area contributed by atoms with Crippen molar-refractivity contribution >= 4 is 0 Å². The van der Waals surface area contributed by atoms with Gasteiger partial charge in [0.05, 0.1) is 0 Å². The van der Waals surface area contributed by atoms with E-state index in [4.69, 9.17) is 0 Å². The van der Waals surface area contributed by atoms with E-state index in [-0.39, 0.29) is 0 Å². The Kier molecular flexibility index (Phi) is 2.91. The quantitative estimate of drug-likeness (QED) is 0.593. The minimum atomic E-state index is 0.775. The van der Waals surface area contributed by atoms with E-state index in [2.05, 4.69) is 27.0 Å². The third-order valence-electron chi connectivity index (χ3n) is 2.81. The van der Waals surface area contributed by atoms with Crippen LogP contribution in [0.5, 0.6) is 0 Å². The zero-order valence-electron chi connectivity index (χ0n) is 8.14. The van der Waals surface area contributed by atoms with E-state index >= 15 is 0 Å². The summed E-state index contributed by atoms with van der Waals surface area (Å²) in [5.41, 5.74) is 2.81. The summed E-state index contributed by atoms with van der Waals surface area (Å²) in [5.74, 6) is 1.59. The van der Waals surface area contributed by atoms with Gasteiger partial charge in [-0.3, -0.25) is 0 Å². The Morgan fingerprint density at radius 3 is 1.83 bits per heavy atom. The highest BCUT2D eigenvalue weighted by Gasteiger charge is 2.22. The lowest BCUT2D eigenvalue weighted by Crippen LogP contribution is -2.03. The van der Waals surface area contributed by atoms with E-state index in [0.29, 0.717) is 0 Å². The Morgan fingerprint density at radius 2 is 1.58 bits per heavy atom. The highest BCUT2D eigenvalue weighted by molar-refractivity contribution is 5.36. The molecule has 1 aliphatic carbocycles. The maximum Gasteiger partial charge on any atom is -0.0242 e. The molecule has 0 saturated carbocycles. The van der Waals surface area contributed by atoms with Crippen molar-refractivity contribution in [1.29, 1.82) is 0 Å². The Balaban J connectivity index is 2.71. The molecule has 1 rings (SSSR count). The Bertz CT molecular complexity index is 198. The molecule has 0 saturated heterocycles. The van der Waals surface area contributed by atoms with Gasteiger partial charge >= 0.3 is 0 Å². The van der Waals surface area contributed by atoms with Gasteiger partial charge in [-0.05, 0) is 35.8 Å². The molecule has 0 amide bonds. The number of allylic oxidation sites excluding steroid dienone is 4. The number of rotatable bonds is 3. The normalized spacial score (nSPS) is 18.9. The molecule has 0 unspecified atom stereocenters. The van der Waals surface area contributed by atoms with Crippen LogP contribution in [0.15, 0.2) is 36.5 Å². The molecule has 0 radical (unpaired) electrons. The fraction of sp³-hybridized carbons (Fsp3) is 0.500. The highest BCUT2D eigenvalue weighted by atomic mass is 14.3. The van der Waals surface area contributed by atoms with Crippen LogP contribution >= 0.6 is 0 Å². The maximum atomic E-state index is 3.83. The minimum Gasteiger partial charge on any atom is -0.0988 e. The van der Waals surface area contributed by atoms with Crippen LogP contribution < -0.4 is 0 Å². The molecular formula is C12H18. The summed E-state index contributed by atoms with van der Waals surface area (Å²) in [4.78, 5) is 0. The predicted octanol–water partition coefficient (Wildman–Crippen LogP) is 3.72. The van der Waals surface area contributed by atoms with Crippen molar-refractivity contribution in [1.82, 2.24) is 0 Å². The predicted molar refractivity (Wildman–Crippen MR) is 55.0 cm³/mol. The maximum absolute atomic E-state index is 3.83. The zero-order chi connectivity index (χ0) is 9.14. The van der Waals surface area contributed by atoms with Gasteiger partial charge in [-0.25, -0.2) is 0 Å². The van der Waals surface area contributed by atoms with Gasteiger partial charge in [0.25, 0.3) is 0 Å². The average molecular weight is 162 g/mol. The first kappa shape index (κ1) is 9.31. The van der Waals surface area contributed by atoms with Crippen LogP contribution in [0, 0.1) is 11.8 Å². The first-order chi connectivity index (χ1) is 5.69. The summed E-state index contributed by atoms with van der Waals surface area (Å²) in [6.45, 7) is 12.2. The van der Waals surface area contributed by atoms with Gasteiger partial charge in [0.2, 0.25) is 0 Å². The van der Waals surface area contributed by atoms with Crippen LogP contribution in [-0.4, -0.2) is 0 Å². The second-order valence-electron chi connectivity index (χ2n) is 3.87. The summed E-state index contributed by atoms with van der Waals surface area (Å²) in [7, 11) is 0. The lowest BCUT2D eigenvalue weighted by molar-refractivity contribution is 0.404. The molecule has 0 aromatic rings. The fourth-order valence-electron chi connectivity index (χ4n) is 1.80. The monoisotopic (exact) mass is 162 g/mol. The summed E-state index contributed by atoms with van der Waals surface area (Å²) in [5, 5.41) is 0. The summed E-state index contributed by atoms with van der Waals surface area (Å²) >= 11 is 0. The van der Waals surface area contributed by atoms with E-state index in [1.165, 1.54) is 24.0 Å². The number of hydrogen-bond donors (Lipinski definition) is 0. The second-order valence-corrected chi connectivity index (χ2v) is 3.87. The smallest absolute Gasteiger partial charge is 0.0242 e. The molecular weight excluding hydrogens is 144 g/mol. The molecule has 0 spiro atoms. The molecule has 0 aromatic heterocycles. The fourth-order valence-corrected chi connectivity index (χ4v) is 1.80. The molecule has 0 heterocycles. The first-order valence-corrected chi connectivity index (χ1v) is 4.66. The molecule has 0 fully saturated rings. The van der Waals surface area contributed by atoms with Crippen LogP contribution in [0.3, 0.4) is 0 Å². The van der Waals surface area contributed by atoms with Crippen molar-refractivity contribution in [2.24, 2.45) is 11.8 Å². The van der Waals surface area contributed by atoms with Crippen molar-refractivity contribution < 1.29 is 0 Å². The SMILES string of the molecule is C=CC1=C(C=C)CC(C(C)C)C1. The van der Waals surface area contributed by atoms with E-state index in [1.54, 1.807) is 0 Å². The van der Waals surface area contributed by atoms with Gasteiger partial charge in [0, 0.05) is 0 Å². The Morgan fingerprint density at radius 1 is 1.17 bits per heavy atom. The summed E-state index contributed by atoms with van der Waals surface area (Å²) < 4.78 is 0. The molecule has 0 heteroatoms. The Hall–Kier alpha value is -0.780. The molecule has 0 aromatic carbocycles. The van der Waals surface area contributed by atoms with Crippen molar-refractivity contribution in [3.05, 3.63) is 36.5 Å². The van der Waals surface area contributed by atoms with Crippen LogP contribution in [0.25, 0.3) is 0 Å². The van der Waals surface area contributed by atoms with Crippen LogP contribution in [0.4, 0.5) is 0 Å². The lowest BCUT2D eigenvalue weighted by Gasteiger charge is -2.13. The molecule has 0 N–H and O–H groups in total. The standard InChI is InChI=1S/C12H18/c1-5-10-7-12(9(3)4)8-11(10)6-2/h5-6,9,12H,1-2,7-8H2,3-4H3. The topological polar surface area (TPSA) is 0 Å². The largest absolute Gasteiger partial charge is 0.0988 e. The molecule has 0 nitrogen and oxygen atoms in total. The third-order valence-corrected chi connectivity index (χ3v) is 2.81. The van der Waals surface area contributed by atoms with Crippen LogP contribution in [0.1, 0.15) is 26.7 Å². The third kappa shape index (κ3) is 1.69. The average Bonchev–Trinajstić information content (AvgIpc) is 2.46. The lowest BCUT2D eigenvalue weighted by atomic mass is 9.92. The van der Waals surface area contributed by atoms with E-state index in [1.807, 2.05) is 12.2 Å². The van der Waals surface area contributed by atoms with Gasteiger partial charge in [0.15, 0.2) is 0 Å². The van der Waals surface area contributed by atoms with Crippen LogP contribution in [0.2, 0.25) is 0 Å². The first-order valence-electron chi connectivity index (χ1n) is 4.66. The second kappa shape index (κ2) is 3.75. The van der Waals surface area contributed by atoms with Gasteiger partial charge in [-0.1, -0.05) is 39.2 Å². The molecule has 0 atom stereocenters. The molecule has 12 heavy (non-hydrogen) atoms. The zero-order valence-corrected chi connectivity index (χ0v) is 8.14. The highest BCUT2D eigenvalue weighted by Crippen LogP contribution is 2.36. The van der Waals surface area contributed by atoms with Crippen LogP contribution in [-0.2, 0) is 0 Å². The van der Waals surface area contributed by atoms with Gasteiger partial charge in [-0.2, -0.15) is 0 Å². The van der Waals surface area contributed by atoms with Gasteiger partial charge < -0.3 is 0 Å². The van der Waals surface area contributed by atoms with E-state index < -0.39 is 0 Å². The summed E-state index contributed by atoms with van der Waals surface area (Å²) in [6, 6.07) is 0. The number of hydrogen-bond acceptors (Lipinski definition) is 0. The van der Waals surface area contributed by atoms with Crippen molar-refractivity contribution in [3.8, 4) is 0 Å². The molecule has 66 valence electrons. The minimum absolute atomic E-state index is 0.775. The van der Waals surface area contributed by atoms with E-state index in [0.717, 1.165) is 11.8 Å². The van der Waals surface area contributed by atoms with E-state index in [9.17, 15) is 0 Å². The molecule has 0 bridgehead atoms. The molecule has 1 aliphatic rings. The Labute approximate surface area is 75.7 Å². The van der Waals surface area contributed by atoms with Crippen molar-refractivity contribution in [3.63, 3.8) is 0 Å². The van der Waals surface area contributed by atoms with Crippen molar-refractivity contribution in [2.75, 3.05) is 0 Å². The van der Waals surface area contributed by atoms with Gasteiger partial charge in [-0.15, -0.1) is 0 Å². The summed E-state index contributed by atoms with van der Waals surface area (Å²) in [6.07, 6.45) is 6.36. The molecule has 0 aliphatic heterocycles. The van der Waals surface area contributed by atoms with Crippen molar-refractivity contribution in [2.45, 2.75) is 26.7 Å².